The topological polar surface area (TPSA) is 72.8 Å². The van der Waals surface area contributed by atoms with Crippen molar-refractivity contribution in [2.75, 3.05) is 30.0 Å². The molecule has 3 aromatic carbocycles. The first-order valence-corrected chi connectivity index (χ1v) is 11.6. The SMILES string of the molecule is CCn1c2ccccc2c2cc(NC(=O)C3CC(=O)N(c4ccc5c(c4)OCCO5)C3)ccc21. The van der Waals surface area contributed by atoms with Gasteiger partial charge in [0.25, 0.3) is 0 Å². The Balaban J connectivity index is 1.22. The maximum absolute atomic E-state index is 13.1. The van der Waals surface area contributed by atoms with E-state index in [1.165, 1.54) is 5.52 Å². The minimum atomic E-state index is -0.423. The Hall–Kier alpha value is -4.00. The van der Waals surface area contributed by atoms with Crippen LogP contribution in [0.2, 0.25) is 0 Å². The summed E-state index contributed by atoms with van der Waals surface area (Å²) >= 11 is 0. The van der Waals surface area contributed by atoms with Gasteiger partial charge in [-0.05, 0) is 43.3 Å². The Kier molecular flexibility index (Phi) is 4.90. The fraction of sp³-hybridized carbons (Fsp3) is 0.259. The van der Waals surface area contributed by atoms with Crippen LogP contribution in [-0.4, -0.2) is 36.1 Å². The molecule has 7 heteroatoms. The fourth-order valence-corrected chi connectivity index (χ4v) is 5.05. The van der Waals surface area contributed by atoms with E-state index < -0.39 is 5.92 Å². The third kappa shape index (κ3) is 3.36. The Morgan fingerprint density at radius 2 is 1.76 bits per heavy atom. The van der Waals surface area contributed by atoms with Crippen molar-refractivity contribution in [1.82, 2.24) is 4.57 Å². The van der Waals surface area contributed by atoms with E-state index in [2.05, 4.69) is 35.0 Å². The molecule has 0 saturated carbocycles. The molecule has 6 rings (SSSR count). The van der Waals surface area contributed by atoms with Gasteiger partial charge in [0.05, 0.1) is 5.92 Å². The largest absolute Gasteiger partial charge is 0.486 e. The Morgan fingerprint density at radius 3 is 2.62 bits per heavy atom. The summed E-state index contributed by atoms with van der Waals surface area (Å²) in [5.41, 5.74) is 3.78. The molecule has 1 atom stereocenters. The van der Waals surface area contributed by atoms with Gasteiger partial charge in [0.15, 0.2) is 11.5 Å². The lowest BCUT2D eigenvalue weighted by Gasteiger charge is -2.22. The van der Waals surface area contributed by atoms with E-state index in [-0.39, 0.29) is 18.2 Å². The summed E-state index contributed by atoms with van der Waals surface area (Å²) in [4.78, 5) is 27.5. The third-order valence-corrected chi connectivity index (χ3v) is 6.69. The van der Waals surface area contributed by atoms with Gasteiger partial charge in [-0.25, -0.2) is 0 Å². The van der Waals surface area contributed by atoms with Gasteiger partial charge in [-0.1, -0.05) is 18.2 Å². The Bertz CT molecular complexity index is 1440. The minimum absolute atomic E-state index is 0.0710. The number of para-hydroxylation sites is 1. The summed E-state index contributed by atoms with van der Waals surface area (Å²) in [5.74, 6) is 0.665. The van der Waals surface area contributed by atoms with Crippen LogP contribution in [0.5, 0.6) is 11.5 Å². The lowest BCUT2D eigenvalue weighted by Crippen LogP contribution is -2.28. The second-order valence-electron chi connectivity index (χ2n) is 8.72. The highest BCUT2D eigenvalue weighted by molar-refractivity contribution is 6.10. The van der Waals surface area contributed by atoms with Gasteiger partial charge in [-0.15, -0.1) is 0 Å². The van der Waals surface area contributed by atoms with Crippen LogP contribution >= 0.6 is 0 Å². The highest BCUT2D eigenvalue weighted by Gasteiger charge is 2.35. The van der Waals surface area contributed by atoms with Gasteiger partial charge in [0, 0.05) is 58.8 Å². The number of carbonyl (C=O) groups excluding carboxylic acids is 2. The van der Waals surface area contributed by atoms with Crippen LogP contribution < -0.4 is 19.7 Å². The number of hydrogen-bond donors (Lipinski definition) is 1. The molecular formula is C27H25N3O4. The standard InChI is InChI=1S/C27H25N3O4/c1-2-29-22-6-4-3-5-20(22)21-14-18(7-9-23(21)29)28-27(32)17-13-26(31)30(16-17)19-8-10-24-25(15-19)34-12-11-33-24/h3-10,14-15,17H,2,11-13,16H2,1H3,(H,28,32). The molecule has 1 fully saturated rings. The van der Waals surface area contributed by atoms with Crippen molar-refractivity contribution in [2.24, 2.45) is 5.92 Å². The summed E-state index contributed by atoms with van der Waals surface area (Å²) < 4.78 is 13.5. The molecular weight excluding hydrogens is 430 g/mol. The molecule has 2 aliphatic rings. The van der Waals surface area contributed by atoms with E-state index in [4.69, 9.17) is 9.47 Å². The number of amides is 2. The van der Waals surface area contributed by atoms with Gasteiger partial charge in [0.2, 0.25) is 11.8 Å². The number of aryl methyl sites for hydroxylation is 1. The number of hydrogen-bond acceptors (Lipinski definition) is 4. The van der Waals surface area contributed by atoms with Crippen LogP contribution in [0.25, 0.3) is 21.8 Å². The molecule has 2 aliphatic heterocycles. The predicted octanol–water partition coefficient (Wildman–Crippen LogP) is 4.58. The zero-order valence-electron chi connectivity index (χ0n) is 18.9. The van der Waals surface area contributed by atoms with Crippen molar-refractivity contribution in [3.05, 3.63) is 60.7 Å². The van der Waals surface area contributed by atoms with Gasteiger partial charge >= 0.3 is 0 Å². The van der Waals surface area contributed by atoms with Crippen LogP contribution in [0.1, 0.15) is 13.3 Å². The quantitative estimate of drug-likeness (QED) is 0.489. The molecule has 0 aliphatic carbocycles. The second-order valence-corrected chi connectivity index (χ2v) is 8.72. The second kappa shape index (κ2) is 8.09. The van der Waals surface area contributed by atoms with Crippen LogP contribution in [0, 0.1) is 5.92 Å². The molecule has 1 aromatic heterocycles. The molecule has 1 unspecified atom stereocenters. The maximum atomic E-state index is 13.1. The summed E-state index contributed by atoms with van der Waals surface area (Å²) in [6.45, 7) is 4.34. The van der Waals surface area contributed by atoms with Gasteiger partial charge in [0.1, 0.15) is 13.2 Å². The number of nitrogens with zero attached hydrogens (tertiary/aromatic N) is 2. The Morgan fingerprint density at radius 1 is 0.971 bits per heavy atom. The molecule has 0 bridgehead atoms. The van der Waals surface area contributed by atoms with E-state index in [1.807, 2.05) is 42.5 Å². The van der Waals surface area contributed by atoms with E-state index in [0.717, 1.165) is 34.2 Å². The first kappa shape index (κ1) is 20.6. The molecule has 1 saturated heterocycles. The summed E-state index contributed by atoms with van der Waals surface area (Å²) in [6, 6.07) is 19.8. The van der Waals surface area contributed by atoms with E-state index in [9.17, 15) is 9.59 Å². The van der Waals surface area contributed by atoms with Crippen LogP contribution in [0.3, 0.4) is 0 Å². The normalized spacial score (nSPS) is 17.5. The van der Waals surface area contributed by atoms with Crippen molar-refractivity contribution in [1.29, 1.82) is 0 Å². The number of fused-ring (bicyclic) bond motifs is 4. The molecule has 2 amide bonds. The van der Waals surface area contributed by atoms with Crippen molar-refractivity contribution < 1.29 is 19.1 Å². The van der Waals surface area contributed by atoms with Crippen LogP contribution in [0.15, 0.2) is 60.7 Å². The molecule has 4 aromatic rings. The highest BCUT2D eigenvalue weighted by Crippen LogP contribution is 2.36. The number of aromatic nitrogens is 1. The number of nitrogens with one attached hydrogen (secondary N) is 1. The van der Waals surface area contributed by atoms with Gasteiger partial charge in [-0.2, -0.15) is 0 Å². The summed E-state index contributed by atoms with van der Waals surface area (Å²) in [5, 5.41) is 5.31. The van der Waals surface area contributed by atoms with Crippen molar-refractivity contribution in [3.63, 3.8) is 0 Å². The lowest BCUT2D eigenvalue weighted by atomic mass is 10.1. The monoisotopic (exact) mass is 455 g/mol. The maximum Gasteiger partial charge on any atom is 0.229 e. The number of anilines is 2. The van der Waals surface area contributed by atoms with Gasteiger partial charge in [-0.3, -0.25) is 9.59 Å². The highest BCUT2D eigenvalue weighted by atomic mass is 16.6. The molecule has 0 radical (unpaired) electrons. The number of rotatable bonds is 4. The lowest BCUT2D eigenvalue weighted by molar-refractivity contribution is -0.122. The first-order chi connectivity index (χ1) is 16.6. The Labute approximate surface area is 196 Å². The fourth-order valence-electron chi connectivity index (χ4n) is 5.05. The zero-order chi connectivity index (χ0) is 23.2. The zero-order valence-corrected chi connectivity index (χ0v) is 18.9. The van der Waals surface area contributed by atoms with Crippen molar-refractivity contribution in [2.45, 2.75) is 19.9 Å². The average molecular weight is 456 g/mol. The number of carbonyl (C=O) groups is 2. The number of ether oxygens (including phenoxy) is 2. The first-order valence-electron chi connectivity index (χ1n) is 11.6. The van der Waals surface area contributed by atoms with Crippen molar-refractivity contribution >= 4 is 45.0 Å². The molecule has 34 heavy (non-hydrogen) atoms. The molecule has 7 nitrogen and oxygen atoms in total. The van der Waals surface area contributed by atoms with Crippen molar-refractivity contribution in [3.8, 4) is 11.5 Å². The number of benzene rings is 3. The molecule has 0 spiro atoms. The van der Waals surface area contributed by atoms with Crippen LogP contribution in [0.4, 0.5) is 11.4 Å². The van der Waals surface area contributed by atoms with E-state index >= 15 is 0 Å². The van der Waals surface area contributed by atoms with E-state index in [1.54, 1.807) is 4.90 Å². The van der Waals surface area contributed by atoms with Gasteiger partial charge < -0.3 is 24.3 Å². The predicted molar refractivity (Wildman–Crippen MR) is 132 cm³/mol. The van der Waals surface area contributed by atoms with Crippen LogP contribution in [-0.2, 0) is 16.1 Å². The molecule has 3 heterocycles. The molecule has 172 valence electrons. The third-order valence-electron chi connectivity index (χ3n) is 6.69. The minimum Gasteiger partial charge on any atom is -0.486 e. The molecule has 1 N–H and O–H groups in total. The summed E-state index contributed by atoms with van der Waals surface area (Å²) in [7, 11) is 0. The smallest absolute Gasteiger partial charge is 0.229 e. The summed E-state index contributed by atoms with van der Waals surface area (Å²) in [6.07, 6.45) is 0.178. The van der Waals surface area contributed by atoms with E-state index in [0.29, 0.717) is 31.3 Å². The average Bonchev–Trinajstić information content (AvgIpc) is 3.41.